The van der Waals surface area contributed by atoms with E-state index in [-0.39, 0.29) is 75.8 Å². The molecule has 1 rings (SSSR count). The van der Waals surface area contributed by atoms with E-state index < -0.39 is 0 Å². The van der Waals surface area contributed by atoms with Crippen LogP contribution in [0.2, 0.25) is 0 Å². The summed E-state index contributed by atoms with van der Waals surface area (Å²) in [7, 11) is 0. The molecular formula is C38H70O6Y. The molecule has 0 bridgehead atoms. The van der Waals surface area contributed by atoms with Gasteiger partial charge in [0.2, 0.25) is 0 Å². The van der Waals surface area contributed by atoms with Crippen molar-refractivity contribution in [2.24, 2.45) is 17.3 Å². The summed E-state index contributed by atoms with van der Waals surface area (Å²) in [6.45, 7) is 9.10. The zero-order chi connectivity index (χ0) is 32.7. The van der Waals surface area contributed by atoms with E-state index >= 15 is 0 Å². The fourth-order valence-electron chi connectivity index (χ4n) is 5.68. The van der Waals surface area contributed by atoms with E-state index in [0.717, 1.165) is 64.2 Å². The SMILES string of the molecule is CCCCC/C=C\C/C=C\CCCCCCCC(=O)OCC(CO)COC(=O)CC1(C)CCCCC(CC)C1.CCCCO.[Y]. The van der Waals surface area contributed by atoms with Gasteiger partial charge in [0, 0.05) is 45.7 Å². The van der Waals surface area contributed by atoms with Gasteiger partial charge in [0.1, 0.15) is 0 Å². The first-order valence-corrected chi connectivity index (χ1v) is 18.2. The minimum absolute atomic E-state index is 0. The summed E-state index contributed by atoms with van der Waals surface area (Å²) in [6.07, 6.45) is 31.6. The van der Waals surface area contributed by atoms with Crippen LogP contribution >= 0.6 is 0 Å². The number of rotatable bonds is 24. The molecule has 1 saturated carbocycles. The van der Waals surface area contributed by atoms with Crippen LogP contribution in [0.4, 0.5) is 0 Å². The molecule has 6 nitrogen and oxygen atoms in total. The number of carbonyl (C=O) groups excluding carboxylic acids is 2. The van der Waals surface area contributed by atoms with E-state index in [1.165, 1.54) is 57.8 Å². The van der Waals surface area contributed by atoms with E-state index in [1.807, 2.05) is 0 Å². The molecule has 261 valence electrons. The molecule has 0 aromatic heterocycles. The number of hydrogen-bond donors (Lipinski definition) is 2. The Kier molecular flexibility index (Phi) is 34.5. The average molecular weight is 712 g/mol. The van der Waals surface area contributed by atoms with Crippen LogP contribution in [0.3, 0.4) is 0 Å². The minimum Gasteiger partial charge on any atom is -0.465 e. The van der Waals surface area contributed by atoms with E-state index in [9.17, 15) is 14.7 Å². The molecule has 1 radical (unpaired) electrons. The van der Waals surface area contributed by atoms with Gasteiger partial charge in [-0.2, -0.15) is 0 Å². The number of ether oxygens (including phenoxy) is 2. The van der Waals surface area contributed by atoms with Gasteiger partial charge >= 0.3 is 11.9 Å². The van der Waals surface area contributed by atoms with E-state index in [2.05, 4.69) is 52.0 Å². The molecule has 0 aromatic carbocycles. The Morgan fingerprint density at radius 3 is 1.98 bits per heavy atom. The summed E-state index contributed by atoms with van der Waals surface area (Å²) in [4.78, 5) is 24.6. The number of aliphatic hydroxyl groups is 2. The van der Waals surface area contributed by atoms with E-state index in [0.29, 0.717) is 25.4 Å². The summed E-state index contributed by atoms with van der Waals surface area (Å²) in [6, 6.07) is 0. The van der Waals surface area contributed by atoms with Crippen molar-refractivity contribution in [3.63, 3.8) is 0 Å². The molecule has 0 aliphatic heterocycles. The van der Waals surface area contributed by atoms with E-state index in [1.54, 1.807) is 0 Å². The fraction of sp³-hybridized carbons (Fsp3) is 0.842. The summed E-state index contributed by atoms with van der Waals surface area (Å²) < 4.78 is 10.9. The van der Waals surface area contributed by atoms with Gasteiger partial charge in [-0.3, -0.25) is 9.59 Å². The van der Waals surface area contributed by atoms with Gasteiger partial charge in [-0.1, -0.05) is 116 Å². The Morgan fingerprint density at radius 1 is 0.800 bits per heavy atom. The standard InChI is InChI=1S/C34H60O5.C4H10O.Y/c1-4-6-7-8-9-10-11-12-13-14-15-16-17-18-19-23-32(36)38-28-31(27-35)29-39-33(37)26-34(3)24-21-20-22-30(5-2)25-34;1-2-3-4-5;/h9-10,12-13,30-31,35H,4-8,11,14-29H2,1-3H3;5H,2-4H2,1H3;/b10-9-,13-12-;;. The number of hydrogen-bond acceptors (Lipinski definition) is 6. The Labute approximate surface area is 302 Å². The van der Waals surface area contributed by atoms with E-state index in [4.69, 9.17) is 14.6 Å². The number of allylic oxidation sites excluding steroid dienone is 4. The quantitative estimate of drug-likeness (QED) is 0.0449. The van der Waals surface area contributed by atoms with Crippen LogP contribution in [-0.2, 0) is 51.8 Å². The molecule has 0 amide bonds. The van der Waals surface area contributed by atoms with Crippen LogP contribution in [-0.4, -0.2) is 48.6 Å². The molecule has 1 fully saturated rings. The second-order valence-electron chi connectivity index (χ2n) is 13.2. The second kappa shape index (κ2) is 33.3. The molecule has 0 heterocycles. The number of unbranched alkanes of at least 4 members (excludes halogenated alkanes) is 9. The Hall–Kier alpha value is -0.556. The van der Waals surface area contributed by atoms with Gasteiger partial charge in [0.05, 0.1) is 32.2 Å². The van der Waals surface area contributed by atoms with Crippen molar-refractivity contribution in [3.05, 3.63) is 24.3 Å². The third kappa shape index (κ3) is 29.3. The molecule has 1 aliphatic carbocycles. The summed E-state index contributed by atoms with van der Waals surface area (Å²) in [5.74, 6) is -0.117. The summed E-state index contributed by atoms with van der Waals surface area (Å²) in [5, 5.41) is 17.7. The molecule has 2 N–H and O–H groups in total. The largest absolute Gasteiger partial charge is 0.465 e. The van der Waals surface area contributed by atoms with Crippen LogP contribution in [0.1, 0.15) is 163 Å². The Morgan fingerprint density at radius 2 is 1.40 bits per heavy atom. The number of esters is 2. The maximum absolute atomic E-state index is 12.5. The van der Waals surface area contributed by atoms with Gasteiger partial charge in [-0.25, -0.2) is 0 Å². The molecule has 0 saturated heterocycles. The molecule has 0 spiro atoms. The van der Waals surface area contributed by atoms with Gasteiger partial charge in [0.25, 0.3) is 0 Å². The molecule has 45 heavy (non-hydrogen) atoms. The number of carbonyl (C=O) groups is 2. The predicted octanol–water partition coefficient (Wildman–Crippen LogP) is 9.66. The van der Waals surface area contributed by atoms with Crippen molar-refractivity contribution in [3.8, 4) is 0 Å². The fourth-order valence-corrected chi connectivity index (χ4v) is 5.68. The molecule has 0 aromatic rings. The Bertz CT molecular complexity index is 738. The van der Waals surface area contributed by atoms with Crippen molar-refractivity contribution in [1.82, 2.24) is 0 Å². The first-order valence-electron chi connectivity index (χ1n) is 18.2. The Balaban J connectivity index is 0. The zero-order valence-corrected chi connectivity index (χ0v) is 32.6. The van der Waals surface area contributed by atoms with Gasteiger partial charge in [0.15, 0.2) is 0 Å². The van der Waals surface area contributed by atoms with Crippen molar-refractivity contribution in [2.75, 3.05) is 26.4 Å². The maximum Gasteiger partial charge on any atom is 0.306 e. The predicted molar refractivity (Wildman–Crippen MR) is 183 cm³/mol. The first kappa shape index (κ1) is 46.6. The van der Waals surface area contributed by atoms with Crippen molar-refractivity contribution >= 4 is 11.9 Å². The zero-order valence-electron chi connectivity index (χ0n) is 29.7. The molecule has 7 heteroatoms. The monoisotopic (exact) mass is 711 g/mol. The van der Waals surface area contributed by atoms with Crippen molar-refractivity contribution in [1.29, 1.82) is 0 Å². The smallest absolute Gasteiger partial charge is 0.306 e. The van der Waals surface area contributed by atoms with Crippen LogP contribution < -0.4 is 0 Å². The topological polar surface area (TPSA) is 93.1 Å². The third-order valence-corrected chi connectivity index (χ3v) is 8.63. The van der Waals surface area contributed by atoms with Crippen LogP contribution in [0, 0.1) is 17.3 Å². The van der Waals surface area contributed by atoms with Crippen LogP contribution in [0.15, 0.2) is 24.3 Å². The van der Waals surface area contributed by atoms with Crippen LogP contribution in [0.5, 0.6) is 0 Å². The molecule has 3 atom stereocenters. The van der Waals surface area contributed by atoms with Gasteiger partial charge in [-0.05, 0) is 69.1 Å². The van der Waals surface area contributed by atoms with Crippen molar-refractivity contribution < 1.29 is 62.0 Å². The minimum atomic E-state index is -0.368. The number of aliphatic hydroxyl groups excluding tert-OH is 2. The molecular weight excluding hydrogens is 641 g/mol. The van der Waals surface area contributed by atoms with Crippen LogP contribution in [0.25, 0.3) is 0 Å². The van der Waals surface area contributed by atoms with Gasteiger partial charge < -0.3 is 19.7 Å². The summed E-state index contributed by atoms with van der Waals surface area (Å²) in [5.41, 5.74) is -0.00300. The maximum atomic E-state index is 12.5. The second-order valence-corrected chi connectivity index (χ2v) is 13.2. The average Bonchev–Trinajstić information content (AvgIpc) is 3.20. The first-order chi connectivity index (χ1) is 21.3. The third-order valence-electron chi connectivity index (χ3n) is 8.63. The molecule has 3 unspecified atom stereocenters. The summed E-state index contributed by atoms with van der Waals surface area (Å²) >= 11 is 0. The molecule has 1 aliphatic rings. The van der Waals surface area contributed by atoms with Crippen molar-refractivity contribution in [2.45, 2.75) is 163 Å². The van der Waals surface area contributed by atoms with Gasteiger partial charge in [-0.15, -0.1) is 0 Å². The normalized spacial score (nSPS) is 18.9.